The highest BCUT2D eigenvalue weighted by atomic mass is 32.2. The number of thiol groups is 1. The molecule has 4 atom stereocenters. The lowest BCUT2D eigenvalue weighted by molar-refractivity contribution is -0.142. The molecule has 11 N–H and O–H groups in total. The van der Waals surface area contributed by atoms with Gasteiger partial charge in [0.05, 0.1) is 12.6 Å². The van der Waals surface area contributed by atoms with E-state index in [1.165, 1.54) is 11.8 Å². The van der Waals surface area contributed by atoms with Crippen molar-refractivity contribution in [2.75, 3.05) is 30.9 Å². The number of aliphatic hydroxyl groups excluding tert-OH is 1. The molecule has 0 aliphatic carbocycles. The molecule has 0 aliphatic heterocycles. The fourth-order valence-corrected chi connectivity index (χ4v) is 3.10. The molecule has 0 spiro atoms. The Morgan fingerprint density at radius 3 is 2.06 bits per heavy atom. The summed E-state index contributed by atoms with van der Waals surface area (Å²) in [5.74, 6) is -3.16. The van der Waals surface area contributed by atoms with Crippen molar-refractivity contribution in [3.8, 4) is 0 Å². The van der Waals surface area contributed by atoms with Gasteiger partial charge in [-0.25, -0.2) is 4.79 Å². The Labute approximate surface area is 196 Å². The minimum Gasteiger partial charge on any atom is -0.480 e. The van der Waals surface area contributed by atoms with E-state index < -0.39 is 54.5 Å². The van der Waals surface area contributed by atoms with E-state index in [9.17, 15) is 29.4 Å². The summed E-state index contributed by atoms with van der Waals surface area (Å²) in [4.78, 5) is 52.1. The van der Waals surface area contributed by atoms with Gasteiger partial charge >= 0.3 is 5.97 Å². The molecule has 15 heteroatoms. The zero-order chi connectivity index (χ0) is 24.7. The quantitative estimate of drug-likeness (QED) is 0.0445. The average molecular weight is 496 g/mol. The summed E-state index contributed by atoms with van der Waals surface area (Å²) in [7, 11) is 0. The minimum absolute atomic E-state index is 0.0499. The van der Waals surface area contributed by atoms with Crippen molar-refractivity contribution >= 4 is 54.0 Å². The zero-order valence-electron chi connectivity index (χ0n) is 17.8. The average Bonchev–Trinajstić information content (AvgIpc) is 2.74. The fraction of sp³-hybridized carbons (Fsp3) is 0.706. The number of hydrogen-bond donors (Lipinski definition) is 9. The van der Waals surface area contributed by atoms with Crippen LogP contribution in [-0.2, 0) is 19.2 Å². The number of carboxylic acid groups (broad SMARTS) is 1. The van der Waals surface area contributed by atoms with Crippen LogP contribution in [0.2, 0.25) is 0 Å². The van der Waals surface area contributed by atoms with Crippen LogP contribution >= 0.6 is 24.4 Å². The lowest BCUT2D eigenvalue weighted by Gasteiger charge is -2.23. The van der Waals surface area contributed by atoms with Crippen LogP contribution in [0.5, 0.6) is 0 Å². The van der Waals surface area contributed by atoms with Gasteiger partial charge in [0.1, 0.15) is 18.1 Å². The molecule has 0 aliphatic rings. The van der Waals surface area contributed by atoms with Crippen molar-refractivity contribution in [3.05, 3.63) is 0 Å². The van der Waals surface area contributed by atoms with E-state index in [1.54, 1.807) is 0 Å². The van der Waals surface area contributed by atoms with Crippen LogP contribution in [-0.4, -0.2) is 94.9 Å². The van der Waals surface area contributed by atoms with Gasteiger partial charge in [-0.3, -0.25) is 19.4 Å². The van der Waals surface area contributed by atoms with Crippen molar-refractivity contribution in [3.63, 3.8) is 0 Å². The monoisotopic (exact) mass is 495 g/mol. The van der Waals surface area contributed by atoms with Crippen LogP contribution in [0.3, 0.4) is 0 Å². The first kappa shape index (κ1) is 29.8. The number of hydrogen-bond acceptors (Lipinski definition) is 9. The molecule has 184 valence electrons. The molecule has 0 bridgehead atoms. The smallest absolute Gasteiger partial charge is 0.326 e. The van der Waals surface area contributed by atoms with Gasteiger partial charge in [-0.2, -0.15) is 24.4 Å². The Balaban J connectivity index is 4.92. The normalized spacial score (nSPS) is 14.4. The zero-order valence-corrected chi connectivity index (χ0v) is 19.5. The fourth-order valence-electron chi connectivity index (χ4n) is 2.35. The van der Waals surface area contributed by atoms with Gasteiger partial charge in [-0.05, 0) is 31.3 Å². The second-order valence-corrected chi connectivity index (χ2v) is 8.07. The van der Waals surface area contributed by atoms with Crippen LogP contribution in [0.25, 0.3) is 0 Å². The summed E-state index contributed by atoms with van der Waals surface area (Å²) in [5.41, 5.74) is 16.1. The molecule has 4 unspecified atom stereocenters. The predicted molar refractivity (Wildman–Crippen MR) is 125 cm³/mol. The summed E-state index contributed by atoms with van der Waals surface area (Å²) >= 11 is 5.52. The third-order valence-corrected chi connectivity index (χ3v) is 5.17. The maximum absolute atomic E-state index is 12.4. The Morgan fingerprint density at radius 1 is 1.00 bits per heavy atom. The largest absolute Gasteiger partial charge is 0.480 e. The van der Waals surface area contributed by atoms with Gasteiger partial charge in [0.15, 0.2) is 5.96 Å². The number of nitrogens with one attached hydrogen (secondary N) is 3. The Hall–Kier alpha value is -2.23. The van der Waals surface area contributed by atoms with Crippen LogP contribution < -0.4 is 33.2 Å². The second kappa shape index (κ2) is 16.4. The number of aliphatic carboxylic acids is 1. The summed E-state index contributed by atoms with van der Waals surface area (Å²) in [6.45, 7) is -0.540. The maximum Gasteiger partial charge on any atom is 0.326 e. The Morgan fingerprint density at radius 2 is 1.56 bits per heavy atom. The Bertz CT molecular complexity index is 663. The maximum atomic E-state index is 12.4. The van der Waals surface area contributed by atoms with E-state index in [0.717, 1.165) is 0 Å². The number of rotatable bonds is 16. The topological polar surface area (TPSA) is 235 Å². The molecular formula is C17H33N7O6S2. The van der Waals surface area contributed by atoms with E-state index >= 15 is 0 Å². The van der Waals surface area contributed by atoms with Crippen LogP contribution in [0, 0.1) is 0 Å². The lowest BCUT2D eigenvalue weighted by Crippen LogP contribution is -2.58. The molecule has 0 heterocycles. The third kappa shape index (κ3) is 12.0. The third-order valence-electron chi connectivity index (χ3n) is 4.16. The van der Waals surface area contributed by atoms with E-state index in [0.29, 0.717) is 18.6 Å². The number of aliphatic imine (C=N–C) groups is 1. The number of amides is 3. The molecule has 0 aromatic heterocycles. The molecule has 0 fully saturated rings. The van der Waals surface area contributed by atoms with Crippen molar-refractivity contribution in [2.45, 2.75) is 43.4 Å². The predicted octanol–water partition coefficient (Wildman–Crippen LogP) is -3.42. The summed E-state index contributed by atoms with van der Waals surface area (Å²) in [6.07, 6.45) is 2.58. The first-order valence-corrected chi connectivity index (χ1v) is 11.8. The number of thioether (sulfide) groups is 1. The number of carbonyl (C=O) groups is 4. The standard InChI is InChI=1S/C17H33N7O6S2/c1-32-6-4-9(18)13(26)23-11(7-25)14(27)24-12(8-31)15(28)22-10(16(29)30)3-2-5-21-17(19)20/h9-12,25,31H,2-8,18H2,1H3,(H,22,28)(H,23,26)(H,24,27)(H,29,30)(H4,19,20,21). The van der Waals surface area contributed by atoms with Crippen LogP contribution in [0.4, 0.5) is 0 Å². The van der Waals surface area contributed by atoms with E-state index in [4.69, 9.17) is 17.2 Å². The second-order valence-electron chi connectivity index (χ2n) is 6.72. The van der Waals surface area contributed by atoms with Gasteiger partial charge in [0.25, 0.3) is 0 Å². The summed E-state index contributed by atoms with van der Waals surface area (Å²) < 4.78 is 0. The highest BCUT2D eigenvalue weighted by Crippen LogP contribution is 2.02. The van der Waals surface area contributed by atoms with Crippen molar-refractivity contribution in [2.24, 2.45) is 22.2 Å². The Kier molecular flexibility index (Phi) is 15.3. The van der Waals surface area contributed by atoms with Gasteiger partial charge in [0.2, 0.25) is 17.7 Å². The van der Waals surface area contributed by atoms with E-state index in [2.05, 4.69) is 33.6 Å². The minimum atomic E-state index is -1.34. The molecule has 0 radical (unpaired) electrons. The van der Waals surface area contributed by atoms with Gasteiger partial charge in [-0.15, -0.1) is 0 Å². The molecule has 0 aromatic rings. The molecule has 0 saturated heterocycles. The lowest BCUT2D eigenvalue weighted by atomic mass is 10.1. The SMILES string of the molecule is CSCCC(N)C(=O)NC(CO)C(=O)NC(CS)C(=O)NC(CCCN=C(N)N)C(=O)O. The van der Waals surface area contributed by atoms with E-state index in [1.807, 2.05) is 6.26 Å². The molecule has 0 aromatic carbocycles. The number of aliphatic hydroxyl groups is 1. The number of guanidine groups is 1. The van der Waals surface area contributed by atoms with E-state index in [-0.39, 0.29) is 24.7 Å². The first-order chi connectivity index (χ1) is 15.1. The summed E-state index contributed by atoms with van der Waals surface area (Å²) in [6, 6.07) is -4.64. The molecule has 13 nitrogen and oxygen atoms in total. The number of nitrogens with two attached hydrogens (primary N) is 3. The molecule has 0 rings (SSSR count). The van der Waals surface area contributed by atoms with Crippen molar-refractivity contribution < 1.29 is 29.4 Å². The molecule has 3 amide bonds. The van der Waals surface area contributed by atoms with Gasteiger partial charge in [-0.1, -0.05) is 0 Å². The highest BCUT2D eigenvalue weighted by Gasteiger charge is 2.29. The number of carbonyl (C=O) groups excluding carboxylic acids is 3. The molecular weight excluding hydrogens is 462 g/mol. The first-order valence-electron chi connectivity index (χ1n) is 9.72. The van der Waals surface area contributed by atoms with Gasteiger partial charge in [0, 0.05) is 12.3 Å². The number of carboxylic acids is 1. The van der Waals surface area contributed by atoms with Crippen molar-refractivity contribution in [1.82, 2.24) is 16.0 Å². The van der Waals surface area contributed by atoms with Gasteiger partial charge < -0.3 is 43.4 Å². The van der Waals surface area contributed by atoms with Crippen LogP contribution in [0.15, 0.2) is 4.99 Å². The molecule has 0 saturated carbocycles. The van der Waals surface area contributed by atoms with Crippen molar-refractivity contribution in [1.29, 1.82) is 0 Å². The summed E-state index contributed by atoms with van der Waals surface area (Å²) in [5, 5.41) is 25.7. The van der Waals surface area contributed by atoms with Crippen LogP contribution in [0.1, 0.15) is 19.3 Å². The molecule has 32 heavy (non-hydrogen) atoms. The highest BCUT2D eigenvalue weighted by molar-refractivity contribution is 7.98. The number of nitrogens with zero attached hydrogens (tertiary/aromatic N) is 1.